The topological polar surface area (TPSA) is 58.4 Å². The minimum Gasteiger partial charge on any atom is -0.354 e. The fourth-order valence-corrected chi connectivity index (χ4v) is 1.49. The van der Waals surface area contributed by atoms with Crippen LogP contribution >= 0.6 is 0 Å². The highest BCUT2D eigenvalue weighted by molar-refractivity contribution is 5.78. The molecule has 0 aromatic heterocycles. The van der Waals surface area contributed by atoms with Crippen LogP contribution in [0.5, 0.6) is 0 Å². The Bertz CT molecular complexity index is 373. The van der Waals surface area contributed by atoms with Crippen molar-refractivity contribution in [1.82, 2.24) is 10.2 Å². The minimum atomic E-state index is 0.0594. The number of hydrogen-bond donors (Lipinski definition) is 2. The standard InChI is InChI=1S/C14H23N3O/c1-11(17(2)3)10-16-14(18)8-12-4-6-13(9-15)7-5-12/h4-7,11H,8-10,15H2,1-3H3,(H,16,18). The molecule has 0 aliphatic carbocycles. The Labute approximate surface area is 109 Å². The monoisotopic (exact) mass is 249 g/mol. The van der Waals surface area contributed by atoms with Gasteiger partial charge in [-0.05, 0) is 32.1 Å². The molecule has 1 atom stereocenters. The quantitative estimate of drug-likeness (QED) is 0.782. The summed E-state index contributed by atoms with van der Waals surface area (Å²) >= 11 is 0. The fourth-order valence-electron chi connectivity index (χ4n) is 1.49. The van der Waals surface area contributed by atoms with Crippen molar-refractivity contribution in [2.24, 2.45) is 5.73 Å². The molecule has 4 heteroatoms. The molecular formula is C14H23N3O. The van der Waals surface area contributed by atoms with Gasteiger partial charge in [-0.25, -0.2) is 0 Å². The third-order valence-corrected chi connectivity index (χ3v) is 3.10. The maximum Gasteiger partial charge on any atom is 0.224 e. The lowest BCUT2D eigenvalue weighted by Gasteiger charge is -2.19. The van der Waals surface area contributed by atoms with Gasteiger partial charge in [0.2, 0.25) is 5.91 Å². The van der Waals surface area contributed by atoms with Crippen LogP contribution in [0.25, 0.3) is 0 Å². The lowest BCUT2D eigenvalue weighted by molar-refractivity contribution is -0.120. The Morgan fingerprint density at radius 2 is 1.83 bits per heavy atom. The summed E-state index contributed by atoms with van der Waals surface area (Å²) in [6.45, 7) is 3.29. The maximum absolute atomic E-state index is 11.7. The maximum atomic E-state index is 11.7. The lowest BCUT2D eigenvalue weighted by atomic mass is 10.1. The van der Waals surface area contributed by atoms with Gasteiger partial charge in [0, 0.05) is 19.1 Å². The van der Waals surface area contributed by atoms with Crippen LogP contribution in [-0.2, 0) is 17.8 Å². The van der Waals surface area contributed by atoms with Crippen LogP contribution < -0.4 is 11.1 Å². The van der Waals surface area contributed by atoms with E-state index >= 15 is 0 Å². The molecule has 1 aromatic rings. The first kappa shape index (κ1) is 14.7. The average Bonchev–Trinajstić information content (AvgIpc) is 2.36. The molecule has 100 valence electrons. The number of rotatable bonds is 6. The van der Waals surface area contributed by atoms with Gasteiger partial charge >= 0.3 is 0 Å². The first-order valence-electron chi connectivity index (χ1n) is 6.24. The highest BCUT2D eigenvalue weighted by atomic mass is 16.1. The molecule has 18 heavy (non-hydrogen) atoms. The molecule has 0 radical (unpaired) electrons. The minimum absolute atomic E-state index is 0.0594. The molecular weight excluding hydrogens is 226 g/mol. The van der Waals surface area contributed by atoms with E-state index in [0.717, 1.165) is 11.1 Å². The van der Waals surface area contributed by atoms with Crippen molar-refractivity contribution in [3.63, 3.8) is 0 Å². The average molecular weight is 249 g/mol. The summed E-state index contributed by atoms with van der Waals surface area (Å²) in [5.41, 5.74) is 7.63. The number of benzene rings is 1. The van der Waals surface area contributed by atoms with Crippen molar-refractivity contribution in [3.05, 3.63) is 35.4 Å². The number of carbonyl (C=O) groups is 1. The van der Waals surface area contributed by atoms with Crippen molar-refractivity contribution in [2.75, 3.05) is 20.6 Å². The van der Waals surface area contributed by atoms with Crippen LogP contribution in [0.2, 0.25) is 0 Å². The second-order valence-electron chi connectivity index (χ2n) is 4.81. The molecule has 0 saturated carbocycles. The summed E-state index contributed by atoms with van der Waals surface area (Å²) in [6, 6.07) is 8.18. The SMILES string of the molecule is CC(CNC(=O)Cc1ccc(CN)cc1)N(C)C. The van der Waals surface area contributed by atoms with Crippen molar-refractivity contribution in [2.45, 2.75) is 25.9 Å². The number of nitrogens with zero attached hydrogens (tertiary/aromatic N) is 1. The van der Waals surface area contributed by atoms with Gasteiger partial charge in [-0.1, -0.05) is 24.3 Å². The highest BCUT2D eigenvalue weighted by Crippen LogP contribution is 2.04. The Kier molecular flexibility index (Phi) is 5.82. The van der Waals surface area contributed by atoms with Crippen LogP contribution in [0, 0.1) is 0 Å². The van der Waals surface area contributed by atoms with Gasteiger partial charge in [0.05, 0.1) is 6.42 Å². The van der Waals surface area contributed by atoms with Gasteiger partial charge in [-0.2, -0.15) is 0 Å². The molecule has 1 aromatic carbocycles. The van der Waals surface area contributed by atoms with Crippen LogP contribution in [0.3, 0.4) is 0 Å². The fraction of sp³-hybridized carbons (Fsp3) is 0.500. The molecule has 1 unspecified atom stereocenters. The van der Waals surface area contributed by atoms with E-state index in [2.05, 4.69) is 17.1 Å². The molecule has 0 spiro atoms. The van der Waals surface area contributed by atoms with Gasteiger partial charge < -0.3 is 16.0 Å². The molecule has 1 amide bonds. The van der Waals surface area contributed by atoms with E-state index in [4.69, 9.17) is 5.73 Å². The normalized spacial score (nSPS) is 12.5. The summed E-state index contributed by atoms with van der Waals surface area (Å²) in [4.78, 5) is 13.8. The number of nitrogens with one attached hydrogen (secondary N) is 1. The van der Waals surface area contributed by atoms with Gasteiger partial charge in [0.25, 0.3) is 0 Å². The van der Waals surface area contributed by atoms with E-state index in [1.807, 2.05) is 38.4 Å². The van der Waals surface area contributed by atoms with Gasteiger partial charge in [-0.3, -0.25) is 4.79 Å². The third kappa shape index (κ3) is 4.85. The third-order valence-electron chi connectivity index (χ3n) is 3.10. The van der Waals surface area contributed by atoms with E-state index in [1.54, 1.807) is 0 Å². The number of amides is 1. The second-order valence-corrected chi connectivity index (χ2v) is 4.81. The molecule has 1 rings (SSSR count). The Hall–Kier alpha value is -1.39. The molecule has 4 nitrogen and oxygen atoms in total. The van der Waals surface area contributed by atoms with Crippen molar-refractivity contribution >= 4 is 5.91 Å². The summed E-state index contributed by atoms with van der Waals surface area (Å²) in [5.74, 6) is 0.0594. The van der Waals surface area contributed by atoms with Crippen LogP contribution in [0.15, 0.2) is 24.3 Å². The van der Waals surface area contributed by atoms with Crippen molar-refractivity contribution < 1.29 is 4.79 Å². The first-order chi connectivity index (χ1) is 8.52. The first-order valence-corrected chi connectivity index (χ1v) is 6.24. The Morgan fingerprint density at radius 1 is 1.28 bits per heavy atom. The predicted molar refractivity (Wildman–Crippen MR) is 74.2 cm³/mol. The zero-order valence-electron chi connectivity index (χ0n) is 11.4. The number of hydrogen-bond acceptors (Lipinski definition) is 3. The lowest BCUT2D eigenvalue weighted by Crippen LogP contribution is -2.38. The predicted octanol–water partition coefficient (Wildman–Crippen LogP) is 0.754. The van der Waals surface area contributed by atoms with Gasteiger partial charge in [0.1, 0.15) is 0 Å². The molecule has 0 aliphatic heterocycles. The van der Waals surface area contributed by atoms with Crippen LogP contribution in [-0.4, -0.2) is 37.5 Å². The molecule has 0 bridgehead atoms. The van der Waals surface area contributed by atoms with E-state index < -0.39 is 0 Å². The molecule has 0 heterocycles. The number of likely N-dealkylation sites (N-methyl/N-ethyl adjacent to an activating group) is 1. The molecule has 0 fully saturated rings. The van der Waals surface area contributed by atoms with E-state index in [1.165, 1.54) is 0 Å². The summed E-state index contributed by atoms with van der Waals surface area (Å²) in [7, 11) is 4.00. The summed E-state index contributed by atoms with van der Waals surface area (Å²) < 4.78 is 0. The molecule has 0 aliphatic rings. The van der Waals surface area contributed by atoms with Crippen molar-refractivity contribution in [3.8, 4) is 0 Å². The van der Waals surface area contributed by atoms with Gasteiger partial charge in [0.15, 0.2) is 0 Å². The summed E-state index contributed by atoms with van der Waals surface area (Å²) in [5, 5.41) is 2.94. The van der Waals surface area contributed by atoms with Crippen molar-refractivity contribution in [1.29, 1.82) is 0 Å². The highest BCUT2D eigenvalue weighted by Gasteiger charge is 2.07. The number of nitrogens with two attached hydrogens (primary N) is 1. The van der Waals surface area contributed by atoms with E-state index in [9.17, 15) is 4.79 Å². The van der Waals surface area contributed by atoms with E-state index in [-0.39, 0.29) is 5.91 Å². The Balaban J connectivity index is 2.39. The second kappa shape index (κ2) is 7.13. The van der Waals surface area contributed by atoms with Crippen LogP contribution in [0.1, 0.15) is 18.1 Å². The Morgan fingerprint density at radius 3 is 2.33 bits per heavy atom. The van der Waals surface area contributed by atoms with Gasteiger partial charge in [-0.15, -0.1) is 0 Å². The number of carbonyl (C=O) groups excluding carboxylic acids is 1. The molecule has 3 N–H and O–H groups in total. The largest absolute Gasteiger partial charge is 0.354 e. The van der Waals surface area contributed by atoms with E-state index in [0.29, 0.717) is 25.6 Å². The summed E-state index contributed by atoms with van der Waals surface area (Å²) in [6.07, 6.45) is 0.422. The zero-order valence-corrected chi connectivity index (χ0v) is 11.4. The van der Waals surface area contributed by atoms with Crippen LogP contribution in [0.4, 0.5) is 0 Å². The smallest absolute Gasteiger partial charge is 0.224 e. The zero-order chi connectivity index (χ0) is 13.5. The molecule has 0 saturated heterocycles.